The summed E-state index contributed by atoms with van der Waals surface area (Å²) in [6.07, 6.45) is 2.06. The Kier molecular flexibility index (Phi) is 8.64. The molecule has 0 saturated carbocycles. The van der Waals surface area contributed by atoms with Crippen molar-refractivity contribution in [2.24, 2.45) is 5.92 Å². The van der Waals surface area contributed by atoms with Gasteiger partial charge in [-0.05, 0) is 47.0 Å². The van der Waals surface area contributed by atoms with E-state index in [0.29, 0.717) is 35.8 Å². The van der Waals surface area contributed by atoms with E-state index in [1.807, 2.05) is 0 Å². The van der Waals surface area contributed by atoms with Crippen LogP contribution in [0.3, 0.4) is 0 Å². The van der Waals surface area contributed by atoms with Crippen molar-refractivity contribution in [3.05, 3.63) is 80.6 Å². The van der Waals surface area contributed by atoms with Gasteiger partial charge in [0.25, 0.3) is 5.56 Å². The second-order valence-electron chi connectivity index (χ2n) is 10.6. The number of amides is 1. The van der Waals surface area contributed by atoms with Crippen LogP contribution in [-0.2, 0) is 11.0 Å². The number of halogens is 7. The van der Waals surface area contributed by atoms with Crippen molar-refractivity contribution < 1.29 is 26.7 Å². The molecule has 5 aromatic rings. The first-order valence-electron chi connectivity index (χ1n) is 13.9. The molecule has 0 saturated heterocycles. The summed E-state index contributed by atoms with van der Waals surface area (Å²) >= 11 is 9.48. The Balaban J connectivity index is 1.47. The minimum Gasteiger partial charge on any atom is -0.323 e. The van der Waals surface area contributed by atoms with E-state index in [4.69, 9.17) is 11.6 Å². The van der Waals surface area contributed by atoms with Crippen LogP contribution in [0.25, 0.3) is 28.3 Å². The summed E-state index contributed by atoms with van der Waals surface area (Å²) in [5.74, 6) is -1.00. The van der Waals surface area contributed by atoms with Crippen molar-refractivity contribution in [2.75, 3.05) is 5.32 Å². The molecule has 1 amide bonds. The van der Waals surface area contributed by atoms with E-state index in [1.165, 1.54) is 41.5 Å². The highest BCUT2D eigenvalue weighted by molar-refractivity contribution is 9.10. The van der Waals surface area contributed by atoms with Crippen LogP contribution >= 0.6 is 27.5 Å². The van der Waals surface area contributed by atoms with E-state index in [1.54, 1.807) is 6.92 Å². The van der Waals surface area contributed by atoms with Crippen LogP contribution in [0.4, 0.5) is 27.6 Å². The lowest BCUT2D eigenvalue weighted by Gasteiger charge is -2.23. The Morgan fingerprint density at radius 2 is 1.89 bits per heavy atom. The summed E-state index contributed by atoms with van der Waals surface area (Å²) in [4.78, 5) is 39.9. The third kappa shape index (κ3) is 6.26. The van der Waals surface area contributed by atoms with Gasteiger partial charge in [-0.3, -0.25) is 19.1 Å². The average molecular weight is 740 g/mol. The van der Waals surface area contributed by atoms with Gasteiger partial charge in [-0.15, -0.1) is 5.10 Å². The van der Waals surface area contributed by atoms with E-state index in [2.05, 4.69) is 51.6 Å². The molecule has 6 heterocycles. The standard InChI is InChI=1S/C28H21BrClF5N10O2/c1-13-3-2-4-19(17-7-14(5-6-36-17)23-18(40-25(13)46)10-39-45(23)27(31)32)43-12-38-22(21(29)26(43)47)16-8-15(30)9-37-24(16)44-11-20(41-42-44)28(33,34)35/h5-13,19,27H,2-4H2,1H3,(H,40,46)/t13-,19+/m1/s1. The highest BCUT2D eigenvalue weighted by atomic mass is 79.9. The van der Waals surface area contributed by atoms with Crippen molar-refractivity contribution in [2.45, 2.75) is 45.0 Å². The number of pyridine rings is 2. The lowest BCUT2D eigenvalue weighted by atomic mass is 9.97. The lowest BCUT2D eigenvalue weighted by Crippen LogP contribution is -2.28. The summed E-state index contributed by atoms with van der Waals surface area (Å²) < 4.78 is 70.1. The highest BCUT2D eigenvalue weighted by Gasteiger charge is 2.35. The number of carbonyl (C=O) groups excluding carboxylic acids is 1. The first-order valence-corrected chi connectivity index (χ1v) is 15.1. The van der Waals surface area contributed by atoms with E-state index in [-0.39, 0.29) is 49.4 Å². The smallest absolute Gasteiger partial charge is 0.323 e. The molecule has 6 rings (SSSR count). The quantitative estimate of drug-likeness (QED) is 0.212. The number of nitrogens with one attached hydrogen (secondary N) is 1. The summed E-state index contributed by atoms with van der Waals surface area (Å²) in [6, 6.07) is 3.64. The Labute approximate surface area is 274 Å². The molecule has 1 aliphatic heterocycles. The van der Waals surface area contributed by atoms with Crippen molar-refractivity contribution in [1.82, 2.24) is 44.3 Å². The zero-order chi connectivity index (χ0) is 33.6. The van der Waals surface area contributed by atoms with Gasteiger partial charge < -0.3 is 5.32 Å². The number of fused-ring (bicyclic) bond motifs is 4. The molecular formula is C28H21BrClF5N10O2. The van der Waals surface area contributed by atoms with Gasteiger partial charge in [-0.2, -0.15) is 27.1 Å². The number of aromatic nitrogens is 9. The van der Waals surface area contributed by atoms with E-state index >= 15 is 0 Å². The number of anilines is 1. The molecule has 0 aliphatic carbocycles. The first-order chi connectivity index (χ1) is 22.3. The highest BCUT2D eigenvalue weighted by Crippen LogP contribution is 2.36. The van der Waals surface area contributed by atoms with Gasteiger partial charge in [-0.1, -0.05) is 30.2 Å². The predicted octanol–water partition coefficient (Wildman–Crippen LogP) is 6.32. The van der Waals surface area contributed by atoms with Gasteiger partial charge >= 0.3 is 12.7 Å². The third-order valence-corrected chi connectivity index (χ3v) is 8.48. The Hall–Kier alpha value is -4.58. The molecule has 5 aromatic heterocycles. The second kappa shape index (κ2) is 12.6. The number of hydrogen-bond donors (Lipinski definition) is 1. The molecule has 1 N–H and O–H groups in total. The number of carbonyl (C=O) groups is 1. The monoisotopic (exact) mass is 738 g/mol. The fraction of sp³-hybridized carbons (Fsp3) is 0.286. The largest absolute Gasteiger partial charge is 0.436 e. The fourth-order valence-electron chi connectivity index (χ4n) is 5.24. The second-order valence-corrected chi connectivity index (χ2v) is 11.9. The van der Waals surface area contributed by atoms with Gasteiger partial charge in [0, 0.05) is 29.4 Å². The number of hydrogen-bond acceptors (Lipinski definition) is 8. The van der Waals surface area contributed by atoms with Gasteiger partial charge in [0.1, 0.15) is 4.47 Å². The zero-order valence-corrected chi connectivity index (χ0v) is 26.3. The summed E-state index contributed by atoms with van der Waals surface area (Å²) in [5.41, 5.74) is -1.06. The average Bonchev–Trinajstić information content (AvgIpc) is 3.69. The van der Waals surface area contributed by atoms with Gasteiger partial charge in [0.2, 0.25) is 5.91 Å². The van der Waals surface area contributed by atoms with Crippen molar-refractivity contribution in [1.29, 1.82) is 0 Å². The van der Waals surface area contributed by atoms with Gasteiger partial charge in [-0.25, -0.2) is 19.3 Å². The number of rotatable bonds is 4. The molecule has 0 unspecified atom stereocenters. The number of nitrogens with zero attached hydrogens (tertiary/aromatic N) is 9. The molecule has 0 fully saturated rings. The summed E-state index contributed by atoms with van der Waals surface area (Å²) in [7, 11) is 0. The van der Waals surface area contributed by atoms with Crippen LogP contribution in [0.2, 0.25) is 5.02 Å². The normalized spacial score (nSPS) is 17.2. The first kappa shape index (κ1) is 32.4. The van der Waals surface area contributed by atoms with Crippen molar-refractivity contribution >= 4 is 39.1 Å². The maximum absolute atomic E-state index is 14.0. The van der Waals surface area contributed by atoms with E-state index in [0.717, 1.165) is 10.9 Å². The fourth-order valence-corrected chi connectivity index (χ4v) is 5.92. The topological polar surface area (TPSA) is 138 Å². The predicted molar refractivity (Wildman–Crippen MR) is 161 cm³/mol. The molecule has 0 radical (unpaired) electrons. The maximum atomic E-state index is 14.0. The maximum Gasteiger partial charge on any atom is 0.436 e. The van der Waals surface area contributed by atoms with E-state index in [9.17, 15) is 31.5 Å². The number of alkyl halides is 5. The third-order valence-electron chi connectivity index (χ3n) is 7.56. The summed E-state index contributed by atoms with van der Waals surface area (Å²) in [6.45, 7) is -1.31. The molecule has 12 nitrogen and oxygen atoms in total. The molecular weight excluding hydrogens is 719 g/mol. The molecule has 244 valence electrons. The van der Waals surface area contributed by atoms with Crippen LogP contribution in [0.1, 0.15) is 50.2 Å². The summed E-state index contributed by atoms with van der Waals surface area (Å²) in [5, 5.41) is 13.3. The van der Waals surface area contributed by atoms with Gasteiger partial charge in [0.15, 0.2) is 11.5 Å². The zero-order valence-electron chi connectivity index (χ0n) is 24.0. The molecule has 2 atom stereocenters. The Bertz CT molecular complexity index is 2050. The molecule has 0 spiro atoms. The molecule has 19 heteroatoms. The molecule has 47 heavy (non-hydrogen) atoms. The van der Waals surface area contributed by atoms with E-state index < -0.39 is 35.9 Å². The Morgan fingerprint density at radius 1 is 1.11 bits per heavy atom. The Morgan fingerprint density at radius 3 is 2.62 bits per heavy atom. The minimum atomic E-state index is -4.76. The lowest BCUT2D eigenvalue weighted by molar-refractivity contribution is -0.141. The molecule has 2 bridgehead atoms. The SMILES string of the molecule is C[C@@H]1CCC[C@H](n2cnc(-c3cc(Cl)cnc3-n3cc(C(F)(F)F)nn3)c(Br)c2=O)c2cc(ccn2)-c2c(cnn2C(F)F)NC1=O. The van der Waals surface area contributed by atoms with Crippen LogP contribution in [0, 0.1) is 5.92 Å². The van der Waals surface area contributed by atoms with Crippen LogP contribution in [0.5, 0.6) is 0 Å². The molecule has 0 aromatic carbocycles. The van der Waals surface area contributed by atoms with Crippen LogP contribution in [0.15, 0.2) is 58.6 Å². The minimum absolute atomic E-state index is 0.00550. The van der Waals surface area contributed by atoms with Gasteiger partial charge in [0.05, 0.1) is 52.6 Å². The van der Waals surface area contributed by atoms with Crippen LogP contribution in [-0.4, -0.2) is 50.2 Å². The molecule has 1 aliphatic rings. The van der Waals surface area contributed by atoms with Crippen molar-refractivity contribution in [3.63, 3.8) is 0 Å². The van der Waals surface area contributed by atoms with Crippen LogP contribution < -0.4 is 10.9 Å². The van der Waals surface area contributed by atoms with Crippen molar-refractivity contribution in [3.8, 4) is 28.3 Å².